The van der Waals surface area contributed by atoms with E-state index in [1.54, 1.807) is 0 Å². The number of furan rings is 1. The van der Waals surface area contributed by atoms with Crippen molar-refractivity contribution >= 4 is 17.7 Å². The van der Waals surface area contributed by atoms with Gasteiger partial charge in [-0.3, -0.25) is 14.9 Å². The van der Waals surface area contributed by atoms with Crippen LogP contribution in [0.1, 0.15) is 31.1 Å². The van der Waals surface area contributed by atoms with Crippen LogP contribution in [0.5, 0.6) is 0 Å². The Balaban J connectivity index is 2.03. The number of nitro groups is 1. The SMILES string of the molecule is O=C1NC2=C(C(=O)CCC2)C(c2ccc([N+](=O)[O-])o2)N1. The van der Waals surface area contributed by atoms with Gasteiger partial charge < -0.3 is 15.1 Å². The molecule has 20 heavy (non-hydrogen) atoms. The number of carbonyl (C=O) groups excluding carboxylic acids is 2. The van der Waals surface area contributed by atoms with Crippen molar-refractivity contribution in [3.05, 3.63) is 39.3 Å². The lowest BCUT2D eigenvalue weighted by Gasteiger charge is -2.30. The highest BCUT2D eigenvalue weighted by Gasteiger charge is 2.36. The summed E-state index contributed by atoms with van der Waals surface area (Å²) in [5.41, 5.74) is 1.01. The molecule has 1 aromatic rings. The van der Waals surface area contributed by atoms with E-state index in [-0.39, 0.29) is 11.5 Å². The number of nitrogens with one attached hydrogen (secondary N) is 2. The molecule has 8 heteroatoms. The third-order valence-electron chi connectivity index (χ3n) is 3.36. The predicted molar refractivity (Wildman–Crippen MR) is 65.7 cm³/mol. The fraction of sp³-hybridized carbons (Fsp3) is 0.333. The molecule has 1 aliphatic carbocycles. The lowest BCUT2D eigenvalue weighted by atomic mass is 9.87. The molecular formula is C12H11N3O5. The third-order valence-corrected chi connectivity index (χ3v) is 3.36. The van der Waals surface area contributed by atoms with Gasteiger partial charge in [0.25, 0.3) is 0 Å². The maximum Gasteiger partial charge on any atom is 0.433 e. The minimum atomic E-state index is -0.764. The second-order valence-corrected chi connectivity index (χ2v) is 4.63. The van der Waals surface area contributed by atoms with Gasteiger partial charge in [-0.05, 0) is 18.9 Å². The van der Waals surface area contributed by atoms with E-state index in [0.717, 1.165) is 0 Å². The van der Waals surface area contributed by atoms with Gasteiger partial charge >= 0.3 is 11.9 Å². The molecule has 104 valence electrons. The van der Waals surface area contributed by atoms with E-state index in [4.69, 9.17) is 4.42 Å². The highest BCUT2D eigenvalue weighted by Crippen LogP contribution is 2.34. The van der Waals surface area contributed by atoms with Gasteiger partial charge in [-0.1, -0.05) is 0 Å². The van der Waals surface area contributed by atoms with Crippen LogP contribution in [-0.2, 0) is 4.79 Å². The van der Waals surface area contributed by atoms with Crippen LogP contribution in [0.3, 0.4) is 0 Å². The molecule has 0 spiro atoms. The van der Waals surface area contributed by atoms with E-state index in [0.29, 0.717) is 30.5 Å². The summed E-state index contributed by atoms with van der Waals surface area (Å²) in [7, 11) is 0. The Bertz CT molecular complexity index is 645. The van der Waals surface area contributed by atoms with E-state index in [2.05, 4.69) is 10.6 Å². The minimum absolute atomic E-state index is 0.0807. The molecule has 3 rings (SSSR count). The first-order chi connectivity index (χ1) is 9.56. The summed E-state index contributed by atoms with van der Waals surface area (Å²) in [6.07, 6.45) is 1.69. The molecule has 0 bridgehead atoms. The smallest absolute Gasteiger partial charge is 0.403 e. The highest BCUT2D eigenvalue weighted by molar-refractivity contribution is 6.00. The van der Waals surface area contributed by atoms with Gasteiger partial charge in [-0.15, -0.1) is 0 Å². The Morgan fingerprint density at radius 2 is 2.10 bits per heavy atom. The maximum absolute atomic E-state index is 12.0. The monoisotopic (exact) mass is 277 g/mol. The van der Waals surface area contributed by atoms with Crippen molar-refractivity contribution in [2.45, 2.75) is 25.3 Å². The minimum Gasteiger partial charge on any atom is -0.403 e. The first-order valence-corrected chi connectivity index (χ1v) is 6.14. The molecule has 1 aromatic heterocycles. The summed E-state index contributed by atoms with van der Waals surface area (Å²) < 4.78 is 5.10. The quantitative estimate of drug-likeness (QED) is 0.628. The fourth-order valence-electron chi connectivity index (χ4n) is 2.51. The Hall–Kier alpha value is -2.64. The fourth-order valence-corrected chi connectivity index (χ4v) is 2.51. The zero-order chi connectivity index (χ0) is 14.3. The second-order valence-electron chi connectivity index (χ2n) is 4.63. The first-order valence-electron chi connectivity index (χ1n) is 6.14. The summed E-state index contributed by atoms with van der Waals surface area (Å²) in [5, 5.41) is 15.8. The zero-order valence-electron chi connectivity index (χ0n) is 10.3. The highest BCUT2D eigenvalue weighted by atomic mass is 16.6. The van der Waals surface area contributed by atoms with Gasteiger partial charge in [0.1, 0.15) is 16.7 Å². The van der Waals surface area contributed by atoms with E-state index >= 15 is 0 Å². The largest absolute Gasteiger partial charge is 0.433 e. The molecule has 2 aliphatic rings. The molecule has 8 nitrogen and oxygen atoms in total. The molecule has 0 fully saturated rings. The summed E-state index contributed by atoms with van der Waals surface area (Å²) in [4.78, 5) is 33.6. The van der Waals surface area contributed by atoms with E-state index in [9.17, 15) is 19.7 Å². The van der Waals surface area contributed by atoms with Crippen molar-refractivity contribution in [2.24, 2.45) is 0 Å². The number of ketones is 1. The summed E-state index contributed by atoms with van der Waals surface area (Å²) in [6.45, 7) is 0. The van der Waals surface area contributed by atoms with Gasteiger partial charge in [-0.2, -0.15) is 0 Å². The van der Waals surface area contributed by atoms with Crippen LogP contribution in [0, 0.1) is 10.1 Å². The van der Waals surface area contributed by atoms with Crippen LogP contribution in [-0.4, -0.2) is 16.7 Å². The summed E-state index contributed by atoms with van der Waals surface area (Å²) in [6, 6.07) is 1.40. The Morgan fingerprint density at radius 3 is 2.80 bits per heavy atom. The van der Waals surface area contributed by atoms with Crippen molar-refractivity contribution in [3.8, 4) is 0 Å². The number of Topliss-reactive ketones (excluding diaryl/α,β-unsaturated/α-hetero) is 1. The first kappa shape index (κ1) is 12.4. The van der Waals surface area contributed by atoms with Crippen molar-refractivity contribution in [2.75, 3.05) is 0 Å². The topological polar surface area (TPSA) is 114 Å². The molecule has 2 heterocycles. The lowest BCUT2D eigenvalue weighted by molar-refractivity contribution is -0.402. The number of urea groups is 1. The second kappa shape index (κ2) is 4.48. The van der Waals surface area contributed by atoms with Crippen LogP contribution in [0.2, 0.25) is 0 Å². The van der Waals surface area contributed by atoms with Crippen LogP contribution >= 0.6 is 0 Å². The van der Waals surface area contributed by atoms with Gasteiger partial charge in [0.15, 0.2) is 5.78 Å². The summed E-state index contributed by atoms with van der Waals surface area (Å²) in [5.74, 6) is -0.310. The van der Waals surface area contributed by atoms with Gasteiger partial charge in [0, 0.05) is 17.7 Å². The van der Waals surface area contributed by atoms with E-state index in [1.165, 1.54) is 12.1 Å². The van der Waals surface area contributed by atoms with Gasteiger partial charge in [-0.25, -0.2) is 4.79 Å². The van der Waals surface area contributed by atoms with Crippen molar-refractivity contribution in [3.63, 3.8) is 0 Å². The molecule has 1 unspecified atom stereocenters. The molecule has 0 saturated carbocycles. The Labute approximate surface area is 113 Å². The molecule has 0 aromatic carbocycles. The number of hydrogen-bond acceptors (Lipinski definition) is 5. The Morgan fingerprint density at radius 1 is 1.30 bits per heavy atom. The third kappa shape index (κ3) is 1.94. The van der Waals surface area contributed by atoms with Crippen molar-refractivity contribution in [1.29, 1.82) is 0 Å². The molecular weight excluding hydrogens is 266 g/mol. The number of nitrogens with zero attached hydrogens (tertiary/aromatic N) is 1. The average molecular weight is 277 g/mol. The number of rotatable bonds is 2. The molecule has 2 amide bonds. The van der Waals surface area contributed by atoms with E-state index < -0.39 is 22.9 Å². The van der Waals surface area contributed by atoms with Crippen LogP contribution in [0.25, 0.3) is 0 Å². The number of hydrogen-bond donors (Lipinski definition) is 2. The average Bonchev–Trinajstić information content (AvgIpc) is 2.87. The molecule has 0 radical (unpaired) electrons. The van der Waals surface area contributed by atoms with Crippen LogP contribution in [0.15, 0.2) is 27.8 Å². The normalized spacial score (nSPS) is 22.1. The zero-order valence-corrected chi connectivity index (χ0v) is 10.3. The van der Waals surface area contributed by atoms with Gasteiger partial charge in [0.05, 0.1) is 6.07 Å². The molecule has 2 N–H and O–H groups in total. The standard InChI is InChI=1S/C12H11N3O5/c16-7-3-1-2-6-10(7)11(14-12(17)13-6)8-4-5-9(20-8)15(18)19/h4-5,11H,1-3H2,(H2,13,14,17). The Kier molecular flexibility index (Phi) is 2.78. The van der Waals surface area contributed by atoms with Crippen molar-refractivity contribution in [1.82, 2.24) is 10.6 Å². The predicted octanol–water partition coefficient (Wildman–Crippen LogP) is 1.55. The van der Waals surface area contributed by atoms with E-state index in [1.807, 2.05) is 0 Å². The molecule has 0 saturated heterocycles. The van der Waals surface area contributed by atoms with Crippen LogP contribution in [0.4, 0.5) is 10.7 Å². The number of amides is 2. The number of allylic oxidation sites excluding steroid dienone is 1. The van der Waals surface area contributed by atoms with Crippen LogP contribution < -0.4 is 10.6 Å². The number of carbonyl (C=O) groups is 2. The summed E-state index contributed by atoms with van der Waals surface area (Å²) >= 11 is 0. The maximum atomic E-state index is 12.0. The van der Waals surface area contributed by atoms with Gasteiger partial charge in [0.2, 0.25) is 0 Å². The van der Waals surface area contributed by atoms with Crippen molar-refractivity contribution < 1.29 is 18.9 Å². The lowest BCUT2D eigenvalue weighted by Crippen LogP contribution is -2.46. The molecule has 1 aliphatic heterocycles. The molecule has 1 atom stereocenters.